The molecule has 2 aliphatic rings. The first kappa shape index (κ1) is 64.3. The quantitative estimate of drug-likeness (QED) is 0.0694. The topological polar surface area (TPSA) is 166 Å². The van der Waals surface area contributed by atoms with Gasteiger partial charge in [-0.15, -0.1) is 0 Å². The third-order valence-electron chi connectivity index (χ3n) is 13.6. The van der Waals surface area contributed by atoms with Crippen LogP contribution >= 0.6 is 45.2 Å². The van der Waals surface area contributed by atoms with E-state index in [1.165, 1.54) is 18.9 Å². The number of rotatable bonds is 19. The Labute approximate surface area is 485 Å². The molecule has 0 aliphatic carbocycles. The van der Waals surface area contributed by atoms with Gasteiger partial charge in [0.2, 0.25) is 17.7 Å². The van der Waals surface area contributed by atoms with Crippen molar-refractivity contribution >= 4 is 80.8 Å². The number of nitrogens with two attached hydrogens (primary N) is 1. The Bertz CT molecular complexity index is 2650. The second-order valence-electron chi connectivity index (χ2n) is 20.7. The van der Waals surface area contributed by atoms with Crippen molar-refractivity contribution in [3.63, 3.8) is 0 Å². The van der Waals surface area contributed by atoms with Crippen molar-refractivity contribution in [1.82, 2.24) is 29.8 Å². The zero-order valence-corrected chi connectivity index (χ0v) is 49.2. The van der Waals surface area contributed by atoms with Crippen LogP contribution in [0.4, 0.5) is 31.1 Å². The molecule has 2 saturated heterocycles. The highest BCUT2D eigenvalue weighted by Gasteiger charge is 2.46. The molecule has 4 aromatic rings. The van der Waals surface area contributed by atoms with Crippen LogP contribution in [0.25, 0.3) is 0 Å². The number of ether oxygens (including phenoxy) is 1. The maximum absolute atomic E-state index is 14.1. The lowest BCUT2D eigenvalue weighted by molar-refractivity contribution is -0.186. The van der Waals surface area contributed by atoms with Crippen molar-refractivity contribution in [2.45, 2.75) is 127 Å². The van der Waals surface area contributed by atoms with Crippen LogP contribution in [0.2, 0.25) is 0 Å². The molecule has 0 unspecified atom stereocenters. The largest absolute Gasteiger partial charge is 0.471 e. The summed E-state index contributed by atoms with van der Waals surface area (Å²) in [5.74, 6) is -5.18. The number of nitrogens with one attached hydrogen (secondary N) is 1. The highest BCUT2D eigenvalue weighted by atomic mass is 127. The predicted octanol–water partition coefficient (Wildman–Crippen LogP) is 8.98. The van der Waals surface area contributed by atoms with Crippen LogP contribution in [0, 0.1) is 7.14 Å². The monoisotopic (exact) mass is 1330 g/mol. The molecule has 14 nitrogen and oxygen atoms in total. The summed E-state index contributed by atoms with van der Waals surface area (Å²) >= 11 is 4.34. The minimum absolute atomic E-state index is 0.0738. The standard InChI is InChI=1S/C33H42F3IN4O5.C24H27F3IN3O2/c1-22(39(5)31(45)46-32(2,3)4)28(42)38-27(20-24-13-15-25(37)16-14-24)29(43)41-18-9-12-26(41)21-40(30(44)33(34,35)36)19-17-23-10-7-6-8-11-23;25-24(26,27)23(33)30(14-12-17-5-2-1-3-6-17)16-20-7-4-13-31(20)22(32)21(29)15-18-8-10-19(28)11-9-18/h6-8,10-11,13-16,22,26-27H,9,12,17-21H2,1-5H3,(H,38,42);1-3,5-6,8-11,20-21H,4,7,12-16,29H2/t22-,26-,27-;20-,21-/m00/s1. The Hall–Kier alpha value is -5.50. The minimum atomic E-state index is -5.07. The molecule has 2 fully saturated rings. The Morgan fingerprint density at radius 3 is 1.44 bits per heavy atom. The van der Waals surface area contributed by atoms with Gasteiger partial charge >= 0.3 is 30.3 Å². The number of carbonyl (C=O) groups excluding carboxylic acids is 6. The van der Waals surface area contributed by atoms with E-state index in [0.717, 1.165) is 44.1 Å². The molecule has 430 valence electrons. The van der Waals surface area contributed by atoms with E-state index in [1.54, 1.807) is 68.1 Å². The third kappa shape index (κ3) is 20.2. The van der Waals surface area contributed by atoms with Crippen LogP contribution in [0.1, 0.15) is 75.6 Å². The average molecular weight is 1330 g/mol. The fraction of sp³-hybridized carbons (Fsp3) is 0.474. The highest BCUT2D eigenvalue weighted by molar-refractivity contribution is 14.1. The lowest BCUT2D eigenvalue weighted by Crippen LogP contribution is -2.57. The van der Waals surface area contributed by atoms with E-state index in [4.69, 9.17) is 10.5 Å². The van der Waals surface area contributed by atoms with Crippen molar-refractivity contribution in [1.29, 1.82) is 0 Å². The van der Waals surface area contributed by atoms with Crippen molar-refractivity contribution in [2.75, 3.05) is 46.3 Å². The predicted molar refractivity (Wildman–Crippen MR) is 304 cm³/mol. The fourth-order valence-electron chi connectivity index (χ4n) is 9.26. The van der Waals surface area contributed by atoms with Gasteiger partial charge in [-0.2, -0.15) is 26.3 Å². The molecule has 6 amide bonds. The molecule has 0 spiro atoms. The van der Waals surface area contributed by atoms with Gasteiger partial charge in [0.15, 0.2) is 0 Å². The van der Waals surface area contributed by atoms with Gasteiger partial charge in [0.05, 0.1) is 6.04 Å². The average Bonchev–Trinajstić information content (AvgIpc) is 4.18. The molecule has 0 bridgehead atoms. The smallest absolute Gasteiger partial charge is 0.444 e. The van der Waals surface area contributed by atoms with Crippen molar-refractivity contribution < 1.29 is 59.8 Å². The van der Waals surface area contributed by atoms with E-state index >= 15 is 0 Å². The lowest BCUT2D eigenvalue weighted by atomic mass is 10.0. The van der Waals surface area contributed by atoms with E-state index in [-0.39, 0.29) is 51.5 Å². The molecule has 2 heterocycles. The first-order valence-electron chi connectivity index (χ1n) is 26.0. The summed E-state index contributed by atoms with van der Waals surface area (Å²) in [6, 6.07) is 29.0. The summed E-state index contributed by atoms with van der Waals surface area (Å²) < 4.78 is 88.1. The molecule has 79 heavy (non-hydrogen) atoms. The number of alkyl halides is 6. The Balaban J connectivity index is 0.000000306. The molecule has 2 aliphatic heterocycles. The Kier molecular flexibility index (Phi) is 23.8. The molecule has 22 heteroatoms. The van der Waals surface area contributed by atoms with E-state index in [2.05, 4.69) is 50.5 Å². The van der Waals surface area contributed by atoms with Crippen LogP contribution in [0.5, 0.6) is 0 Å². The van der Waals surface area contributed by atoms with E-state index in [9.17, 15) is 55.1 Å². The molecule has 6 rings (SSSR count). The first-order valence-corrected chi connectivity index (χ1v) is 28.2. The number of likely N-dealkylation sites (N-methyl/N-ethyl adjacent to an activating group) is 1. The summed E-state index contributed by atoms with van der Waals surface area (Å²) in [6.45, 7) is 6.63. The SMILES string of the molecule is C[C@@H](C(=O)N[C@@H](Cc1ccc(I)cc1)C(=O)N1CCC[C@H]1CN(CCc1ccccc1)C(=O)C(F)(F)F)N(C)C(=O)OC(C)(C)C.N[C@@H](Cc1ccc(I)cc1)C(=O)N1CCC[C@H]1CN(CCc1ccccc1)C(=O)C(F)(F)F. The van der Waals surface area contributed by atoms with Gasteiger partial charge in [0, 0.05) is 72.0 Å². The van der Waals surface area contributed by atoms with Crippen LogP contribution in [-0.4, -0.2) is 155 Å². The van der Waals surface area contributed by atoms with Gasteiger partial charge in [-0.1, -0.05) is 84.9 Å². The van der Waals surface area contributed by atoms with Crippen LogP contribution in [0.3, 0.4) is 0 Å². The number of likely N-dealkylation sites (tertiary alicyclic amines) is 2. The van der Waals surface area contributed by atoms with E-state index < -0.39 is 77.9 Å². The number of nitrogens with zero attached hydrogens (tertiary/aromatic N) is 5. The number of hydrogen-bond donors (Lipinski definition) is 2. The van der Waals surface area contributed by atoms with Crippen molar-refractivity contribution in [3.05, 3.63) is 139 Å². The van der Waals surface area contributed by atoms with Gasteiger partial charge in [-0.05, 0) is 164 Å². The number of carbonyl (C=O) groups is 6. The van der Waals surface area contributed by atoms with Gasteiger partial charge in [0.1, 0.15) is 17.7 Å². The molecule has 0 radical (unpaired) electrons. The normalized spacial score (nSPS) is 16.7. The maximum atomic E-state index is 14.1. The third-order valence-corrected chi connectivity index (χ3v) is 15.0. The van der Waals surface area contributed by atoms with E-state index in [0.29, 0.717) is 45.1 Å². The number of amides is 6. The first-order chi connectivity index (χ1) is 37.1. The zero-order chi connectivity index (χ0) is 58.2. The second-order valence-corrected chi connectivity index (χ2v) is 23.2. The van der Waals surface area contributed by atoms with Crippen molar-refractivity contribution in [2.24, 2.45) is 5.73 Å². The summed E-state index contributed by atoms with van der Waals surface area (Å²) in [5.41, 5.74) is 8.70. The van der Waals surface area contributed by atoms with Crippen molar-refractivity contribution in [3.8, 4) is 0 Å². The summed E-state index contributed by atoms with van der Waals surface area (Å²) in [7, 11) is 1.42. The highest BCUT2D eigenvalue weighted by Crippen LogP contribution is 2.27. The molecule has 0 saturated carbocycles. The van der Waals surface area contributed by atoms with Crippen LogP contribution in [0.15, 0.2) is 109 Å². The van der Waals surface area contributed by atoms with E-state index in [1.807, 2.05) is 66.7 Å². The second kappa shape index (κ2) is 29.3. The maximum Gasteiger partial charge on any atom is 0.471 e. The Morgan fingerprint density at radius 1 is 0.633 bits per heavy atom. The van der Waals surface area contributed by atoms with Gasteiger partial charge in [0.25, 0.3) is 0 Å². The summed E-state index contributed by atoms with van der Waals surface area (Å²) in [5, 5.41) is 2.78. The molecule has 0 aromatic heterocycles. The Morgan fingerprint density at radius 2 is 1.04 bits per heavy atom. The molecular formula is C57H69F6I2N7O7. The molecule has 5 atom stereocenters. The summed E-state index contributed by atoms with van der Waals surface area (Å²) in [4.78, 5) is 83.5. The number of benzene rings is 4. The number of hydrogen-bond acceptors (Lipinski definition) is 8. The van der Waals surface area contributed by atoms with Crippen LogP contribution < -0.4 is 11.1 Å². The van der Waals surface area contributed by atoms with Gasteiger partial charge in [-0.3, -0.25) is 28.9 Å². The zero-order valence-electron chi connectivity index (χ0n) is 44.9. The van der Waals surface area contributed by atoms with Crippen LogP contribution in [-0.2, 0) is 54.4 Å². The fourth-order valence-corrected chi connectivity index (χ4v) is 9.98. The van der Waals surface area contributed by atoms with Gasteiger partial charge < -0.3 is 35.4 Å². The molecule has 3 N–H and O–H groups in total. The minimum Gasteiger partial charge on any atom is -0.444 e. The number of halogens is 8. The molecule has 4 aromatic carbocycles. The summed E-state index contributed by atoms with van der Waals surface area (Å²) in [6.07, 6.45) is -7.62. The lowest BCUT2D eigenvalue weighted by Gasteiger charge is -2.34. The van der Waals surface area contributed by atoms with Gasteiger partial charge in [-0.25, -0.2) is 4.79 Å². The molecular weight excluding hydrogens is 1260 g/mol.